The molecule has 0 bridgehead atoms. The highest BCUT2D eigenvalue weighted by Crippen LogP contribution is 2.26. The summed E-state index contributed by atoms with van der Waals surface area (Å²) < 4.78 is 4.98. The zero-order valence-corrected chi connectivity index (χ0v) is 9.56. The number of hydrogen-bond acceptors (Lipinski definition) is 2. The lowest BCUT2D eigenvalue weighted by Crippen LogP contribution is -2.21. The van der Waals surface area contributed by atoms with Crippen LogP contribution < -0.4 is 5.32 Å². The quantitative estimate of drug-likeness (QED) is 0.636. The first-order valence-corrected chi connectivity index (χ1v) is 6.13. The zero-order chi connectivity index (χ0) is 10.1. The number of ether oxygens (including phenoxy) is 1. The predicted molar refractivity (Wildman–Crippen MR) is 60.6 cm³/mol. The molecule has 0 spiro atoms. The first-order valence-electron chi connectivity index (χ1n) is 6.13. The summed E-state index contributed by atoms with van der Waals surface area (Å²) in [6, 6.07) is 0. The maximum atomic E-state index is 4.98. The summed E-state index contributed by atoms with van der Waals surface area (Å²) in [5, 5.41) is 3.40. The molecule has 0 atom stereocenters. The van der Waals surface area contributed by atoms with Gasteiger partial charge in [-0.3, -0.25) is 0 Å². The van der Waals surface area contributed by atoms with Gasteiger partial charge in [0.05, 0.1) is 6.61 Å². The van der Waals surface area contributed by atoms with Gasteiger partial charge < -0.3 is 10.1 Å². The van der Waals surface area contributed by atoms with E-state index in [-0.39, 0.29) is 0 Å². The van der Waals surface area contributed by atoms with Gasteiger partial charge in [0, 0.05) is 13.7 Å². The number of nitrogens with one attached hydrogen (secondary N) is 1. The van der Waals surface area contributed by atoms with Gasteiger partial charge in [0.25, 0.3) is 0 Å². The molecule has 0 amide bonds. The largest absolute Gasteiger partial charge is 0.383 e. The molecule has 1 aliphatic carbocycles. The van der Waals surface area contributed by atoms with Gasteiger partial charge >= 0.3 is 0 Å². The average Bonchev–Trinajstić information content (AvgIpc) is 2.25. The van der Waals surface area contributed by atoms with Crippen molar-refractivity contribution in [3.05, 3.63) is 0 Å². The second-order valence-corrected chi connectivity index (χ2v) is 4.39. The van der Waals surface area contributed by atoms with Crippen LogP contribution in [0.5, 0.6) is 0 Å². The summed E-state index contributed by atoms with van der Waals surface area (Å²) in [5.41, 5.74) is 0. The van der Waals surface area contributed by atoms with E-state index in [0.29, 0.717) is 0 Å². The molecular weight excluding hydrogens is 174 g/mol. The van der Waals surface area contributed by atoms with Crippen LogP contribution in [0, 0.1) is 5.92 Å². The normalized spacial score (nSPS) is 18.6. The SMILES string of the molecule is COCCNCCCC1CCCCC1. The van der Waals surface area contributed by atoms with E-state index >= 15 is 0 Å². The molecule has 0 unspecified atom stereocenters. The third kappa shape index (κ3) is 5.61. The summed E-state index contributed by atoms with van der Waals surface area (Å²) >= 11 is 0. The van der Waals surface area contributed by atoms with Gasteiger partial charge in [-0.2, -0.15) is 0 Å². The second kappa shape index (κ2) is 8.25. The van der Waals surface area contributed by atoms with E-state index in [4.69, 9.17) is 4.74 Å². The van der Waals surface area contributed by atoms with Gasteiger partial charge in [0.2, 0.25) is 0 Å². The van der Waals surface area contributed by atoms with Crippen LogP contribution in [0.4, 0.5) is 0 Å². The van der Waals surface area contributed by atoms with Crippen molar-refractivity contribution in [2.75, 3.05) is 26.8 Å². The van der Waals surface area contributed by atoms with Crippen LogP contribution >= 0.6 is 0 Å². The molecule has 0 heterocycles. The van der Waals surface area contributed by atoms with E-state index in [1.165, 1.54) is 51.5 Å². The molecule has 0 aliphatic heterocycles. The topological polar surface area (TPSA) is 21.3 Å². The van der Waals surface area contributed by atoms with Gasteiger partial charge in [0.1, 0.15) is 0 Å². The van der Waals surface area contributed by atoms with Crippen molar-refractivity contribution in [1.82, 2.24) is 5.32 Å². The zero-order valence-electron chi connectivity index (χ0n) is 9.56. The molecule has 0 aromatic rings. The maximum absolute atomic E-state index is 4.98. The predicted octanol–water partition coefficient (Wildman–Crippen LogP) is 2.58. The molecule has 2 heteroatoms. The second-order valence-electron chi connectivity index (χ2n) is 4.39. The van der Waals surface area contributed by atoms with Crippen molar-refractivity contribution < 1.29 is 4.74 Å². The Bertz CT molecular complexity index is 121. The summed E-state index contributed by atoms with van der Waals surface area (Å²) in [6.07, 6.45) is 10.2. The van der Waals surface area contributed by atoms with Gasteiger partial charge in [0.15, 0.2) is 0 Å². The molecule has 1 aliphatic rings. The third-order valence-corrected chi connectivity index (χ3v) is 3.17. The Morgan fingerprint density at radius 1 is 1.14 bits per heavy atom. The van der Waals surface area contributed by atoms with E-state index in [0.717, 1.165) is 19.1 Å². The molecule has 0 aromatic heterocycles. The molecule has 84 valence electrons. The Hall–Kier alpha value is -0.0800. The van der Waals surface area contributed by atoms with Crippen LogP contribution in [-0.2, 0) is 4.74 Å². The number of methoxy groups -OCH3 is 1. The van der Waals surface area contributed by atoms with E-state index in [2.05, 4.69) is 5.32 Å². The van der Waals surface area contributed by atoms with Gasteiger partial charge in [-0.05, 0) is 25.3 Å². The van der Waals surface area contributed by atoms with Crippen molar-refractivity contribution in [3.63, 3.8) is 0 Å². The van der Waals surface area contributed by atoms with Crippen LogP contribution in [0.3, 0.4) is 0 Å². The Morgan fingerprint density at radius 3 is 2.64 bits per heavy atom. The van der Waals surface area contributed by atoms with Crippen molar-refractivity contribution >= 4 is 0 Å². The molecule has 0 radical (unpaired) electrons. The van der Waals surface area contributed by atoms with Crippen LogP contribution in [0.15, 0.2) is 0 Å². The van der Waals surface area contributed by atoms with Crippen molar-refractivity contribution in [1.29, 1.82) is 0 Å². The average molecular weight is 199 g/mol. The Labute approximate surface area is 88.4 Å². The Kier molecular flexibility index (Phi) is 7.06. The third-order valence-electron chi connectivity index (χ3n) is 3.17. The van der Waals surface area contributed by atoms with Crippen LogP contribution in [0.25, 0.3) is 0 Å². The lowest BCUT2D eigenvalue weighted by molar-refractivity contribution is 0.199. The minimum Gasteiger partial charge on any atom is -0.383 e. The van der Waals surface area contributed by atoms with Crippen molar-refractivity contribution in [2.24, 2.45) is 5.92 Å². The molecule has 14 heavy (non-hydrogen) atoms. The fourth-order valence-electron chi connectivity index (χ4n) is 2.29. The van der Waals surface area contributed by atoms with E-state index < -0.39 is 0 Å². The molecule has 1 saturated carbocycles. The van der Waals surface area contributed by atoms with E-state index in [9.17, 15) is 0 Å². The fourth-order valence-corrected chi connectivity index (χ4v) is 2.29. The summed E-state index contributed by atoms with van der Waals surface area (Å²) in [7, 11) is 1.75. The molecule has 2 nitrogen and oxygen atoms in total. The standard InChI is InChI=1S/C12H25NO/c1-14-11-10-13-9-5-8-12-6-3-2-4-7-12/h12-13H,2-11H2,1H3. The van der Waals surface area contributed by atoms with Crippen LogP contribution in [0.2, 0.25) is 0 Å². The number of hydrogen-bond donors (Lipinski definition) is 1. The molecule has 1 rings (SSSR count). The highest BCUT2D eigenvalue weighted by molar-refractivity contribution is 4.66. The number of rotatable bonds is 7. The summed E-state index contributed by atoms with van der Waals surface area (Å²) in [6.45, 7) is 3.00. The highest BCUT2D eigenvalue weighted by atomic mass is 16.5. The minimum atomic E-state index is 0.837. The molecule has 0 aromatic carbocycles. The summed E-state index contributed by atoms with van der Waals surface area (Å²) in [5.74, 6) is 1.04. The lowest BCUT2D eigenvalue weighted by Gasteiger charge is -2.21. The van der Waals surface area contributed by atoms with Gasteiger partial charge in [-0.25, -0.2) is 0 Å². The van der Waals surface area contributed by atoms with Gasteiger partial charge in [-0.1, -0.05) is 32.1 Å². The van der Waals surface area contributed by atoms with Crippen molar-refractivity contribution in [3.8, 4) is 0 Å². The van der Waals surface area contributed by atoms with Gasteiger partial charge in [-0.15, -0.1) is 0 Å². The maximum Gasteiger partial charge on any atom is 0.0587 e. The first kappa shape index (κ1) is 12.0. The lowest BCUT2D eigenvalue weighted by atomic mass is 9.86. The minimum absolute atomic E-state index is 0.837. The Balaban J connectivity index is 1.82. The molecule has 0 saturated heterocycles. The van der Waals surface area contributed by atoms with Crippen LogP contribution in [0.1, 0.15) is 44.9 Å². The fraction of sp³-hybridized carbons (Fsp3) is 1.00. The first-order chi connectivity index (χ1) is 6.93. The Morgan fingerprint density at radius 2 is 1.93 bits per heavy atom. The smallest absolute Gasteiger partial charge is 0.0587 e. The monoisotopic (exact) mass is 199 g/mol. The van der Waals surface area contributed by atoms with Crippen LogP contribution in [-0.4, -0.2) is 26.8 Å². The van der Waals surface area contributed by atoms with Crippen molar-refractivity contribution in [2.45, 2.75) is 44.9 Å². The van der Waals surface area contributed by atoms with E-state index in [1.54, 1.807) is 7.11 Å². The highest BCUT2D eigenvalue weighted by Gasteiger charge is 2.12. The molecule has 1 N–H and O–H groups in total. The van der Waals surface area contributed by atoms with E-state index in [1.807, 2.05) is 0 Å². The summed E-state index contributed by atoms with van der Waals surface area (Å²) in [4.78, 5) is 0. The molecule has 1 fully saturated rings. The molecular formula is C12H25NO.